The zero-order valence-corrected chi connectivity index (χ0v) is 16.0. The van der Waals surface area contributed by atoms with Gasteiger partial charge in [-0.15, -0.1) is 0 Å². The van der Waals surface area contributed by atoms with Crippen molar-refractivity contribution in [3.8, 4) is 5.75 Å². The number of rotatable bonds is 6. The molecule has 2 aromatic carbocycles. The molecule has 0 unspecified atom stereocenters. The third-order valence-corrected chi connectivity index (χ3v) is 5.56. The maximum atomic E-state index is 12.6. The molecule has 2 aliphatic rings. The van der Waals surface area contributed by atoms with E-state index in [0.717, 1.165) is 26.1 Å². The first-order chi connectivity index (χ1) is 13.7. The Hall–Kier alpha value is -2.66. The highest BCUT2D eigenvalue weighted by Gasteiger charge is 2.22. The summed E-state index contributed by atoms with van der Waals surface area (Å²) in [5, 5.41) is 2.75. The molecule has 0 aromatic heterocycles. The van der Waals surface area contributed by atoms with Gasteiger partial charge in [0.2, 0.25) is 0 Å². The summed E-state index contributed by atoms with van der Waals surface area (Å²) in [7, 11) is 0. The summed E-state index contributed by atoms with van der Waals surface area (Å²) in [4.78, 5) is 26.4. The fourth-order valence-electron chi connectivity index (χ4n) is 4.12. The normalized spacial score (nSPS) is 19.4. The van der Waals surface area contributed by atoms with Crippen LogP contribution < -0.4 is 10.1 Å². The van der Waals surface area contributed by atoms with Gasteiger partial charge in [-0.05, 0) is 55.5 Å². The maximum absolute atomic E-state index is 12.6. The number of ketones is 1. The van der Waals surface area contributed by atoms with E-state index in [1.54, 1.807) is 18.2 Å². The van der Waals surface area contributed by atoms with Gasteiger partial charge in [-0.3, -0.25) is 9.59 Å². The van der Waals surface area contributed by atoms with Crippen molar-refractivity contribution in [2.75, 3.05) is 31.6 Å². The molecular weight excluding hydrogens is 352 g/mol. The first-order valence-corrected chi connectivity index (χ1v) is 10.0. The molecule has 5 nitrogen and oxygen atoms in total. The number of anilines is 1. The van der Waals surface area contributed by atoms with E-state index in [1.807, 2.05) is 0 Å². The second-order valence-corrected chi connectivity index (χ2v) is 7.72. The predicted molar refractivity (Wildman–Crippen MR) is 109 cm³/mol. The fourth-order valence-corrected chi connectivity index (χ4v) is 4.12. The van der Waals surface area contributed by atoms with E-state index in [1.165, 1.54) is 18.4 Å². The predicted octanol–water partition coefficient (Wildman–Crippen LogP) is 3.55. The number of amides is 1. The minimum Gasteiger partial charge on any atom is -0.482 e. The van der Waals surface area contributed by atoms with E-state index in [0.29, 0.717) is 29.3 Å². The molecule has 146 valence electrons. The van der Waals surface area contributed by atoms with Crippen molar-refractivity contribution in [1.82, 2.24) is 4.90 Å². The summed E-state index contributed by atoms with van der Waals surface area (Å²) in [5.74, 6) is 1.19. The molecule has 2 heterocycles. The molecule has 5 heteroatoms. The van der Waals surface area contributed by atoms with Crippen LogP contribution in [0.5, 0.6) is 5.75 Å². The van der Waals surface area contributed by atoms with Gasteiger partial charge in [-0.1, -0.05) is 30.3 Å². The van der Waals surface area contributed by atoms with Crippen molar-refractivity contribution in [3.63, 3.8) is 0 Å². The van der Waals surface area contributed by atoms with E-state index in [2.05, 4.69) is 40.5 Å². The van der Waals surface area contributed by atoms with Crippen LogP contribution in [0.1, 0.15) is 35.2 Å². The average Bonchev–Trinajstić information content (AvgIpc) is 2.72. The smallest absolute Gasteiger partial charge is 0.262 e. The molecule has 0 bridgehead atoms. The summed E-state index contributed by atoms with van der Waals surface area (Å²) in [5.41, 5.74) is 2.67. The van der Waals surface area contributed by atoms with Crippen LogP contribution in [0.3, 0.4) is 0 Å². The lowest BCUT2D eigenvalue weighted by Crippen LogP contribution is -2.37. The standard InChI is InChI=1S/C23H26N2O3/c26-21(19-8-9-20-22(14-19)28-16-23(27)24-20)10-12-25-11-4-7-18(15-25)13-17-5-2-1-3-6-17/h1-3,5-6,8-9,14,18H,4,7,10-13,15-16H2,(H,24,27)/t18-/m0/s1. The first-order valence-electron chi connectivity index (χ1n) is 10.0. The molecule has 1 atom stereocenters. The number of nitrogens with zero attached hydrogens (tertiary/aromatic N) is 1. The fraction of sp³-hybridized carbons (Fsp3) is 0.391. The highest BCUT2D eigenvalue weighted by molar-refractivity contribution is 5.99. The van der Waals surface area contributed by atoms with Gasteiger partial charge < -0.3 is 15.0 Å². The van der Waals surface area contributed by atoms with Crippen molar-refractivity contribution in [3.05, 3.63) is 59.7 Å². The number of benzene rings is 2. The minimum absolute atomic E-state index is 0.00121. The lowest BCUT2D eigenvalue weighted by Gasteiger charge is -2.32. The van der Waals surface area contributed by atoms with Gasteiger partial charge >= 0.3 is 0 Å². The third-order valence-electron chi connectivity index (χ3n) is 5.56. The Morgan fingerprint density at radius 1 is 1.18 bits per heavy atom. The number of hydrogen-bond acceptors (Lipinski definition) is 4. The zero-order valence-electron chi connectivity index (χ0n) is 16.0. The summed E-state index contributed by atoms with van der Waals surface area (Å²) < 4.78 is 5.42. The van der Waals surface area contributed by atoms with Gasteiger partial charge in [0.25, 0.3) is 5.91 Å². The second-order valence-electron chi connectivity index (χ2n) is 7.72. The molecule has 1 amide bonds. The van der Waals surface area contributed by atoms with Crippen LogP contribution in [0.25, 0.3) is 0 Å². The zero-order chi connectivity index (χ0) is 19.3. The van der Waals surface area contributed by atoms with Gasteiger partial charge in [0.05, 0.1) is 5.69 Å². The molecule has 1 fully saturated rings. The lowest BCUT2D eigenvalue weighted by atomic mass is 9.91. The number of Topliss-reactive ketones (excluding diaryl/α,β-unsaturated/α-hetero) is 1. The van der Waals surface area contributed by atoms with E-state index in [4.69, 9.17) is 4.74 Å². The molecule has 0 radical (unpaired) electrons. The Labute approximate surface area is 165 Å². The number of piperidine rings is 1. The van der Waals surface area contributed by atoms with Crippen molar-refractivity contribution in [2.24, 2.45) is 5.92 Å². The Kier molecular flexibility index (Phi) is 5.72. The van der Waals surface area contributed by atoms with Crippen molar-refractivity contribution >= 4 is 17.4 Å². The number of hydrogen-bond donors (Lipinski definition) is 1. The minimum atomic E-state index is -0.165. The van der Waals surface area contributed by atoms with Gasteiger partial charge in [0.15, 0.2) is 12.4 Å². The van der Waals surface area contributed by atoms with Crippen LogP contribution in [0.2, 0.25) is 0 Å². The molecule has 0 aliphatic carbocycles. The Bertz CT molecular complexity index is 850. The van der Waals surface area contributed by atoms with E-state index >= 15 is 0 Å². The molecule has 0 saturated carbocycles. The highest BCUT2D eigenvalue weighted by Crippen LogP contribution is 2.29. The first kappa shape index (κ1) is 18.7. The van der Waals surface area contributed by atoms with E-state index < -0.39 is 0 Å². The average molecular weight is 378 g/mol. The summed E-state index contributed by atoms with van der Waals surface area (Å²) in [6, 6.07) is 15.9. The second kappa shape index (κ2) is 8.57. The molecule has 4 rings (SSSR count). The summed E-state index contributed by atoms with van der Waals surface area (Å²) >= 11 is 0. The summed E-state index contributed by atoms with van der Waals surface area (Å²) in [6.45, 7) is 2.92. The number of nitrogens with one attached hydrogen (secondary N) is 1. The van der Waals surface area contributed by atoms with Gasteiger partial charge in [0.1, 0.15) is 5.75 Å². The van der Waals surface area contributed by atoms with E-state index in [-0.39, 0.29) is 18.3 Å². The molecule has 1 N–H and O–H groups in total. The topological polar surface area (TPSA) is 58.6 Å². The Morgan fingerprint density at radius 3 is 2.89 bits per heavy atom. The SMILES string of the molecule is O=C1COc2cc(C(=O)CCN3CCC[C@@H](Cc4ccccc4)C3)ccc2N1. The molecule has 1 saturated heterocycles. The monoisotopic (exact) mass is 378 g/mol. The van der Waals surface area contributed by atoms with Crippen LogP contribution in [-0.2, 0) is 11.2 Å². The Morgan fingerprint density at radius 2 is 2.04 bits per heavy atom. The number of fused-ring (bicyclic) bond motifs is 1. The van der Waals surface area contributed by atoms with E-state index in [9.17, 15) is 9.59 Å². The molecular formula is C23H26N2O3. The lowest BCUT2D eigenvalue weighted by molar-refractivity contribution is -0.118. The molecule has 28 heavy (non-hydrogen) atoms. The maximum Gasteiger partial charge on any atom is 0.262 e. The van der Waals surface area contributed by atoms with Crippen LogP contribution in [0, 0.1) is 5.92 Å². The van der Waals surface area contributed by atoms with Crippen LogP contribution in [-0.4, -0.2) is 42.8 Å². The number of likely N-dealkylation sites (tertiary alicyclic amines) is 1. The van der Waals surface area contributed by atoms with Crippen LogP contribution in [0.15, 0.2) is 48.5 Å². The quantitative estimate of drug-likeness (QED) is 0.781. The van der Waals surface area contributed by atoms with Gasteiger partial charge in [-0.25, -0.2) is 0 Å². The van der Waals surface area contributed by atoms with Crippen molar-refractivity contribution < 1.29 is 14.3 Å². The van der Waals surface area contributed by atoms with Crippen molar-refractivity contribution in [1.29, 1.82) is 0 Å². The number of ether oxygens (including phenoxy) is 1. The van der Waals surface area contributed by atoms with Crippen LogP contribution in [0.4, 0.5) is 5.69 Å². The van der Waals surface area contributed by atoms with Gasteiger partial charge in [0, 0.05) is 25.1 Å². The van der Waals surface area contributed by atoms with Gasteiger partial charge in [-0.2, -0.15) is 0 Å². The van der Waals surface area contributed by atoms with Crippen LogP contribution >= 0.6 is 0 Å². The third kappa shape index (κ3) is 4.60. The largest absolute Gasteiger partial charge is 0.482 e. The molecule has 0 spiro atoms. The highest BCUT2D eigenvalue weighted by atomic mass is 16.5. The number of carbonyl (C=O) groups excluding carboxylic acids is 2. The van der Waals surface area contributed by atoms with Crippen molar-refractivity contribution in [2.45, 2.75) is 25.7 Å². The number of carbonyl (C=O) groups is 2. The Balaban J connectivity index is 1.30. The summed E-state index contributed by atoms with van der Waals surface area (Å²) in [6.07, 6.45) is 4.06. The molecule has 2 aliphatic heterocycles. The molecule has 2 aromatic rings.